The maximum Gasteiger partial charge on any atom is 0.220 e. The van der Waals surface area contributed by atoms with Gasteiger partial charge in [0.1, 0.15) is 11.5 Å². The molecule has 0 bridgehead atoms. The SMILES string of the molecule is CC(C)Oc1cccc(C(O)CNC(=O)CCc2cccc(OC3CCCC3)c2)c1. The Kier molecular flexibility index (Phi) is 8.14. The molecule has 0 aromatic heterocycles. The molecule has 0 heterocycles. The van der Waals surface area contributed by atoms with Crippen molar-refractivity contribution in [3.63, 3.8) is 0 Å². The van der Waals surface area contributed by atoms with Crippen LogP contribution >= 0.6 is 0 Å². The van der Waals surface area contributed by atoms with Crippen LogP contribution in [0.3, 0.4) is 0 Å². The second-order valence-corrected chi connectivity index (χ2v) is 8.23. The van der Waals surface area contributed by atoms with E-state index in [0.29, 0.717) is 24.7 Å². The number of nitrogens with one attached hydrogen (secondary N) is 1. The summed E-state index contributed by atoms with van der Waals surface area (Å²) in [7, 11) is 0. The Labute approximate surface area is 179 Å². The average molecular weight is 412 g/mol. The first-order valence-corrected chi connectivity index (χ1v) is 11.0. The molecule has 1 atom stereocenters. The van der Waals surface area contributed by atoms with E-state index >= 15 is 0 Å². The number of rotatable bonds is 10. The summed E-state index contributed by atoms with van der Waals surface area (Å²) in [6, 6.07) is 15.4. The Morgan fingerprint density at radius 3 is 2.60 bits per heavy atom. The maximum atomic E-state index is 12.3. The third kappa shape index (κ3) is 7.06. The van der Waals surface area contributed by atoms with Gasteiger partial charge < -0.3 is 19.9 Å². The van der Waals surface area contributed by atoms with Crippen LogP contribution in [0.15, 0.2) is 48.5 Å². The summed E-state index contributed by atoms with van der Waals surface area (Å²) in [4.78, 5) is 12.3. The second kappa shape index (κ2) is 11.0. The number of hydrogen-bond donors (Lipinski definition) is 2. The smallest absolute Gasteiger partial charge is 0.220 e. The molecule has 30 heavy (non-hydrogen) atoms. The molecule has 1 aliphatic rings. The number of aliphatic hydroxyl groups excluding tert-OH is 1. The highest BCUT2D eigenvalue weighted by atomic mass is 16.5. The summed E-state index contributed by atoms with van der Waals surface area (Å²) in [5, 5.41) is 13.2. The summed E-state index contributed by atoms with van der Waals surface area (Å²) in [6.07, 6.45) is 5.37. The van der Waals surface area contributed by atoms with E-state index in [-0.39, 0.29) is 18.6 Å². The van der Waals surface area contributed by atoms with Crippen molar-refractivity contribution in [2.24, 2.45) is 0 Å². The third-order valence-corrected chi connectivity index (χ3v) is 5.25. The van der Waals surface area contributed by atoms with Crippen molar-refractivity contribution in [3.05, 3.63) is 59.7 Å². The zero-order valence-corrected chi connectivity index (χ0v) is 18.0. The standard InChI is InChI=1S/C25H33NO4/c1-18(2)29-23-12-6-8-20(16-23)24(27)17-26-25(28)14-13-19-7-5-11-22(15-19)30-21-9-3-4-10-21/h5-8,11-12,15-16,18,21,24,27H,3-4,9-10,13-14,17H2,1-2H3,(H,26,28). The lowest BCUT2D eigenvalue weighted by molar-refractivity contribution is -0.121. The number of carbonyl (C=O) groups excluding carboxylic acids is 1. The highest BCUT2D eigenvalue weighted by molar-refractivity contribution is 5.76. The Morgan fingerprint density at radius 2 is 1.83 bits per heavy atom. The molecular formula is C25H33NO4. The Morgan fingerprint density at radius 1 is 1.10 bits per heavy atom. The van der Waals surface area contributed by atoms with Crippen molar-refractivity contribution in [2.75, 3.05) is 6.54 Å². The summed E-state index contributed by atoms with van der Waals surface area (Å²) in [5.41, 5.74) is 1.81. The van der Waals surface area contributed by atoms with Gasteiger partial charge in [0, 0.05) is 13.0 Å². The van der Waals surface area contributed by atoms with Gasteiger partial charge in [0.25, 0.3) is 0 Å². The lowest BCUT2D eigenvalue weighted by Crippen LogP contribution is -2.28. The number of hydrogen-bond acceptors (Lipinski definition) is 4. The highest BCUT2D eigenvalue weighted by Gasteiger charge is 2.16. The normalized spacial score (nSPS) is 15.2. The lowest BCUT2D eigenvalue weighted by Gasteiger charge is -2.15. The van der Waals surface area contributed by atoms with Crippen LogP contribution in [0.1, 0.15) is 63.2 Å². The van der Waals surface area contributed by atoms with Gasteiger partial charge in [-0.3, -0.25) is 4.79 Å². The number of amides is 1. The molecular weight excluding hydrogens is 378 g/mol. The van der Waals surface area contributed by atoms with Gasteiger partial charge in [-0.05, 0) is 81.3 Å². The molecule has 2 aromatic rings. The molecule has 3 rings (SSSR count). The van der Waals surface area contributed by atoms with Gasteiger partial charge in [-0.25, -0.2) is 0 Å². The van der Waals surface area contributed by atoms with Crippen molar-refractivity contribution in [3.8, 4) is 11.5 Å². The molecule has 1 amide bonds. The van der Waals surface area contributed by atoms with Gasteiger partial charge in [-0.2, -0.15) is 0 Å². The van der Waals surface area contributed by atoms with Gasteiger partial charge in [0.2, 0.25) is 5.91 Å². The van der Waals surface area contributed by atoms with Crippen LogP contribution < -0.4 is 14.8 Å². The number of ether oxygens (including phenoxy) is 2. The molecule has 1 unspecified atom stereocenters. The minimum atomic E-state index is -0.771. The Hall–Kier alpha value is -2.53. The summed E-state index contributed by atoms with van der Waals surface area (Å²) < 4.78 is 11.7. The van der Waals surface area contributed by atoms with Crippen LogP contribution in [-0.2, 0) is 11.2 Å². The predicted molar refractivity (Wildman–Crippen MR) is 118 cm³/mol. The van der Waals surface area contributed by atoms with Crippen molar-refractivity contribution in [1.29, 1.82) is 0 Å². The first kappa shape index (κ1) is 22.2. The van der Waals surface area contributed by atoms with Crippen LogP contribution in [0.4, 0.5) is 0 Å². The fraction of sp³-hybridized carbons (Fsp3) is 0.480. The van der Waals surface area contributed by atoms with E-state index in [4.69, 9.17) is 9.47 Å². The minimum Gasteiger partial charge on any atom is -0.491 e. The molecule has 0 spiro atoms. The number of aliphatic hydroxyl groups is 1. The van der Waals surface area contributed by atoms with Crippen LogP contribution in [0.25, 0.3) is 0 Å². The van der Waals surface area contributed by atoms with E-state index < -0.39 is 6.10 Å². The Balaban J connectivity index is 1.43. The quantitative estimate of drug-likeness (QED) is 0.601. The van der Waals surface area contributed by atoms with Crippen molar-refractivity contribution in [1.82, 2.24) is 5.32 Å². The third-order valence-electron chi connectivity index (χ3n) is 5.25. The fourth-order valence-electron chi connectivity index (χ4n) is 3.71. The van der Waals surface area contributed by atoms with Gasteiger partial charge in [0.05, 0.1) is 18.3 Å². The van der Waals surface area contributed by atoms with Gasteiger partial charge >= 0.3 is 0 Å². The summed E-state index contributed by atoms with van der Waals surface area (Å²) in [5.74, 6) is 1.53. The van der Waals surface area contributed by atoms with Crippen molar-refractivity contribution >= 4 is 5.91 Å². The van der Waals surface area contributed by atoms with Crippen molar-refractivity contribution in [2.45, 2.75) is 70.7 Å². The molecule has 0 aliphatic heterocycles. The monoisotopic (exact) mass is 411 g/mol. The first-order chi connectivity index (χ1) is 14.5. The molecule has 0 radical (unpaired) electrons. The summed E-state index contributed by atoms with van der Waals surface area (Å²) in [6.45, 7) is 4.09. The van der Waals surface area contributed by atoms with Crippen LogP contribution in [0, 0.1) is 0 Å². The largest absolute Gasteiger partial charge is 0.491 e. The lowest BCUT2D eigenvalue weighted by atomic mass is 10.1. The van der Waals surface area contributed by atoms with Crippen LogP contribution in [-0.4, -0.2) is 29.8 Å². The molecule has 2 aromatic carbocycles. The molecule has 1 aliphatic carbocycles. The molecule has 5 nitrogen and oxygen atoms in total. The van der Waals surface area contributed by atoms with E-state index in [1.807, 2.05) is 62.4 Å². The maximum absolute atomic E-state index is 12.3. The van der Waals surface area contributed by atoms with E-state index in [2.05, 4.69) is 5.32 Å². The molecule has 5 heteroatoms. The zero-order valence-electron chi connectivity index (χ0n) is 18.0. The molecule has 1 saturated carbocycles. The predicted octanol–water partition coefficient (Wildman–Crippen LogP) is 4.58. The highest BCUT2D eigenvalue weighted by Crippen LogP contribution is 2.25. The molecule has 162 valence electrons. The molecule has 0 saturated heterocycles. The topological polar surface area (TPSA) is 67.8 Å². The van der Waals surface area contributed by atoms with E-state index in [1.165, 1.54) is 12.8 Å². The van der Waals surface area contributed by atoms with Crippen LogP contribution in [0.2, 0.25) is 0 Å². The van der Waals surface area contributed by atoms with Gasteiger partial charge in [-0.15, -0.1) is 0 Å². The number of carbonyl (C=O) groups is 1. The average Bonchev–Trinajstić information content (AvgIpc) is 3.23. The zero-order chi connectivity index (χ0) is 21.3. The Bertz CT molecular complexity index is 814. The molecule has 2 N–H and O–H groups in total. The summed E-state index contributed by atoms with van der Waals surface area (Å²) >= 11 is 0. The number of aryl methyl sites for hydroxylation is 1. The van der Waals surface area contributed by atoms with Gasteiger partial charge in [0.15, 0.2) is 0 Å². The van der Waals surface area contributed by atoms with Crippen LogP contribution in [0.5, 0.6) is 11.5 Å². The van der Waals surface area contributed by atoms with Gasteiger partial charge in [-0.1, -0.05) is 24.3 Å². The van der Waals surface area contributed by atoms with E-state index in [9.17, 15) is 9.90 Å². The molecule has 1 fully saturated rings. The minimum absolute atomic E-state index is 0.0687. The second-order valence-electron chi connectivity index (χ2n) is 8.23. The van der Waals surface area contributed by atoms with E-state index in [1.54, 1.807) is 0 Å². The first-order valence-electron chi connectivity index (χ1n) is 11.0. The number of benzene rings is 2. The van der Waals surface area contributed by atoms with Crippen molar-refractivity contribution < 1.29 is 19.4 Å². The van der Waals surface area contributed by atoms with E-state index in [0.717, 1.165) is 29.7 Å². The fourth-order valence-corrected chi connectivity index (χ4v) is 3.71.